The van der Waals surface area contributed by atoms with Gasteiger partial charge in [-0.2, -0.15) is 0 Å². The lowest BCUT2D eigenvalue weighted by Gasteiger charge is -2.30. The van der Waals surface area contributed by atoms with Gasteiger partial charge in [-0.05, 0) is 139 Å². The molecule has 0 radical (unpaired) electrons. The van der Waals surface area contributed by atoms with Crippen molar-refractivity contribution < 1.29 is 82.1 Å². The minimum atomic E-state index is -2.08. The number of para-hydroxylation sites is 1. The van der Waals surface area contributed by atoms with Crippen molar-refractivity contribution >= 4 is 106 Å². The van der Waals surface area contributed by atoms with E-state index < -0.39 is 194 Å². The number of H-pyrrole nitrogens is 1. The molecule has 11 atom stereocenters. The molecule has 37 nitrogen and oxygen atoms in total. The highest BCUT2D eigenvalue weighted by atomic mass is 16.5. The lowest BCUT2D eigenvalue weighted by Crippen LogP contribution is -2.61. The zero-order chi connectivity index (χ0) is 81.9. The summed E-state index contributed by atoms with van der Waals surface area (Å²) in [6.45, 7) is 5.81. The highest BCUT2D eigenvalue weighted by Gasteiger charge is 2.42. The summed E-state index contributed by atoms with van der Waals surface area (Å²) in [5.74, 6) is -15.6. The number of carbonyl (C=O) groups excluding carboxylic acids is 13. The molecule has 112 heavy (non-hydrogen) atoms. The third kappa shape index (κ3) is 25.9. The number of alkyl carbamates (subject to hydrolysis) is 1. The van der Waals surface area contributed by atoms with Crippen molar-refractivity contribution in [3.8, 4) is 11.1 Å². The van der Waals surface area contributed by atoms with Crippen LogP contribution in [0.4, 0.5) is 4.79 Å². The van der Waals surface area contributed by atoms with Crippen molar-refractivity contribution in [3.63, 3.8) is 0 Å². The maximum Gasteiger partial charge on any atom is 0.407 e. The number of aliphatic hydroxyl groups is 1. The summed E-state index contributed by atoms with van der Waals surface area (Å²) in [6.07, 6.45) is -1.20. The van der Waals surface area contributed by atoms with Crippen LogP contribution in [0.3, 0.4) is 0 Å². The molecule has 1 aliphatic carbocycles. The summed E-state index contributed by atoms with van der Waals surface area (Å²) >= 11 is 0. The van der Waals surface area contributed by atoms with Crippen LogP contribution in [0.1, 0.15) is 128 Å². The van der Waals surface area contributed by atoms with Crippen LogP contribution in [-0.2, 0) is 73.5 Å². The van der Waals surface area contributed by atoms with Crippen LogP contribution in [0.5, 0.6) is 0 Å². The number of aromatic amines is 1. The summed E-state index contributed by atoms with van der Waals surface area (Å²) in [4.78, 5) is 204. The van der Waals surface area contributed by atoms with E-state index in [4.69, 9.17) is 32.8 Å². The van der Waals surface area contributed by atoms with Crippen molar-refractivity contribution in [2.24, 2.45) is 17.2 Å². The maximum atomic E-state index is 14.9. The number of rotatable bonds is 25. The highest BCUT2D eigenvalue weighted by Crippen LogP contribution is 2.44. The van der Waals surface area contributed by atoms with Gasteiger partial charge in [-0.3, -0.25) is 73.1 Å². The summed E-state index contributed by atoms with van der Waals surface area (Å²) < 4.78 is 5.60. The number of carboxylic acids is 1. The number of amides is 13. The van der Waals surface area contributed by atoms with E-state index in [0.717, 1.165) is 32.5 Å². The summed E-state index contributed by atoms with van der Waals surface area (Å²) in [5, 5.41) is 69.9. The second-order valence-corrected chi connectivity index (χ2v) is 28.1. The number of fused-ring (bicyclic) bond motifs is 5. The third-order valence-corrected chi connectivity index (χ3v) is 18.9. The number of allylic oxidation sites excluding steroid dienone is 2. The van der Waals surface area contributed by atoms with Crippen LogP contribution in [0.15, 0.2) is 102 Å². The summed E-state index contributed by atoms with van der Waals surface area (Å²) in [7, 11) is 0. The van der Waals surface area contributed by atoms with E-state index >= 15 is 0 Å². The maximum absolute atomic E-state index is 14.9. The van der Waals surface area contributed by atoms with Crippen molar-refractivity contribution in [2.45, 2.75) is 184 Å². The second kappa shape index (κ2) is 41.9. The van der Waals surface area contributed by atoms with E-state index in [9.17, 15) is 77.3 Å². The molecule has 3 heterocycles. The Hall–Kier alpha value is -12.4. The molecule has 2 fully saturated rings. The Morgan fingerprint density at radius 3 is 1.77 bits per heavy atom. The van der Waals surface area contributed by atoms with Gasteiger partial charge in [-0.25, -0.2) is 4.79 Å². The van der Waals surface area contributed by atoms with E-state index in [2.05, 4.69) is 74.1 Å². The fraction of sp³-hybridized carbons (Fsp3) is 0.467. The summed E-state index contributed by atoms with van der Waals surface area (Å²) in [5.41, 5.74) is 23.3. The van der Waals surface area contributed by atoms with Crippen molar-refractivity contribution in [3.05, 3.63) is 119 Å². The number of carboxylic acid groups (broad SMARTS) is 1. The van der Waals surface area contributed by atoms with E-state index in [1.165, 1.54) is 6.92 Å². The van der Waals surface area contributed by atoms with E-state index in [-0.39, 0.29) is 89.9 Å². The molecule has 0 bridgehead atoms. The molecule has 604 valence electrons. The fourth-order valence-corrected chi connectivity index (χ4v) is 13.0. The molecule has 13 amide bonds. The number of nitrogens with zero attached hydrogens (tertiary/aromatic N) is 1. The van der Waals surface area contributed by atoms with E-state index in [1.807, 2.05) is 48.5 Å². The molecule has 4 aromatic rings. The fourth-order valence-electron chi connectivity index (χ4n) is 13.0. The Balaban J connectivity index is 1.23. The van der Waals surface area contributed by atoms with Gasteiger partial charge < -0.3 is 111 Å². The van der Waals surface area contributed by atoms with Gasteiger partial charge in [-0.15, -0.1) is 0 Å². The standard InChI is InChI=1S/C75H102N20O17/c1-39(2)24-26-53(86-60(97)36-83-75(111)112-38-48-46-18-9-7-16-44(46)45-17-8-10-19-47(45)48)67(105)90-55-29-28-50(62(76)100)87-65(103)51(21-12-30-81-73(77)78)88-69(107)56(34-43-33-42-15-6-11-20-49(42)85-43)92-63(101)41(5)84-64(102)54(27-25-40(3)4)89-66(104)52(22-13-31-82-74(79)80)91-71(109)59-23-14-32-95(59)72(110)57(35-61(98)99)93-70(108)58(37-96)94-68(55)106/h6-11,15-20,24-25,33,41,48,50-59,85,96H,12-14,21-23,26-32,34-38H2,1-5H3,(H2,76,100)(H,83,111)(H,84,102)(H,86,97)(H,87,103)(H,88,107)(H,89,104)(H,90,105)(H,91,109)(H,92,101)(H,93,108)(H,94,106)(H,98,99)(H4,77,78,81)(H4,79,80,82)/t41-,50-,51-,52-,53-,54-,55-,56-,57-,58-,59?/m0/s1. The van der Waals surface area contributed by atoms with E-state index in [0.29, 0.717) is 22.4 Å². The van der Waals surface area contributed by atoms with Gasteiger partial charge in [0.25, 0.3) is 0 Å². The molecule has 37 heteroatoms. The number of nitrogens with one attached hydrogen (secondary N) is 16. The number of aliphatic carboxylic acids is 1. The number of hydrogen-bond donors (Lipinski definition) is 21. The van der Waals surface area contributed by atoms with Crippen LogP contribution in [0.2, 0.25) is 0 Å². The number of nitrogens with two attached hydrogens (primary N) is 3. The lowest BCUT2D eigenvalue weighted by molar-refractivity contribution is -0.146. The average Bonchev–Trinajstić information content (AvgIpc) is 1.61. The molecule has 2 aliphatic heterocycles. The van der Waals surface area contributed by atoms with Gasteiger partial charge in [0.2, 0.25) is 70.9 Å². The number of hydrogen-bond acceptors (Lipinski definition) is 18. The Kier molecular flexibility index (Phi) is 32.5. The number of aromatic nitrogens is 1. The number of guanidine groups is 2. The molecule has 2 saturated heterocycles. The molecule has 0 spiro atoms. The average molecular weight is 1560 g/mol. The first-order chi connectivity index (χ1) is 53.3. The van der Waals surface area contributed by atoms with Gasteiger partial charge in [0, 0.05) is 43.2 Å². The molecule has 1 unspecified atom stereocenters. The predicted octanol–water partition coefficient (Wildman–Crippen LogP) is -1.91. The first kappa shape index (κ1) is 86.8. The Bertz CT molecular complexity index is 4130. The van der Waals surface area contributed by atoms with Gasteiger partial charge in [-0.1, -0.05) is 90.0 Å². The van der Waals surface area contributed by atoms with Gasteiger partial charge in [0.1, 0.15) is 79.6 Å². The molecular weight excluding hydrogens is 1450 g/mol. The van der Waals surface area contributed by atoms with Crippen LogP contribution in [0, 0.1) is 10.8 Å². The molecular formula is C75H102N20O17. The molecule has 3 aromatic carbocycles. The monoisotopic (exact) mass is 1550 g/mol. The highest BCUT2D eigenvalue weighted by molar-refractivity contribution is 6.01. The quantitative estimate of drug-likeness (QED) is 0.0149. The predicted molar refractivity (Wildman–Crippen MR) is 409 cm³/mol. The van der Waals surface area contributed by atoms with Crippen LogP contribution >= 0.6 is 0 Å². The minimum Gasteiger partial charge on any atom is -0.481 e. The lowest BCUT2D eigenvalue weighted by atomic mass is 9.98. The van der Waals surface area contributed by atoms with Crippen LogP contribution in [0.25, 0.3) is 22.0 Å². The molecule has 3 aliphatic rings. The van der Waals surface area contributed by atoms with Crippen molar-refractivity contribution in [1.29, 1.82) is 10.8 Å². The molecule has 7 rings (SSSR count). The third-order valence-electron chi connectivity index (χ3n) is 18.9. The SMILES string of the molecule is CC(C)=CC[C@H](NC(=O)CNC(=O)OCC1c2ccccc2-c2ccccc21)C(=O)N[C@H]1CC[C@@H](C(N)=O)NC(=O)[C@H](CCCNC(=N)N)NC(=O)[C@H](Cc2cc3ccccc3[nH]2)NC(=O)[C@H](C)NC(=O)[C@H](CC=C(C)C)NC(=O)[C@H](CCCNC(=N)N)NC(=O)C2CCCN2C(=O)[C@H](CC(=O)O)NC(=O)[C@H](CO)NC1=O. The van der Waals surface area contributed by atoms with E-state index in [1.54, 1.807) is 70.2 Å². The Morgan fingerprint density at radius 1 is 0.625 bits per heavy atom. The zero-order valence-corrected chi connectivity index (χ0v) is 63.0. The number of carbonyl (C=O) groups is 14. The van der Waals surface area contributed by atoms with Gasteiger partial charge in [0.15, 0.2) is 11.9 Å². The van der Waals surface area contributed by atoms with Gasteiger partial charge in [0.05, 0.1) is 13.0 Å². The second-order valence-electron chi connectivity index (χ2n) is 28.1. The molecule has 1 aromatic heterocycles. The Morgan fingerprint density at radius 2 is 1.17 bits per heavy atom. The Labute approximate surface area is 645 Å². The molecule has 24 N–H and O–H groups in total. The number of primary amides is 1. The van der Waals surface area contributed by atoms with Crippen molar-refractivity contribution in [1.82, 2.24) is 79.0 Å². The normalized spacial score (nSPS) is 22.1. The summed E-state index contributed by atoms with van der Waals surface area (Å²) in [6, 6.07) is 5.69. The minimum absolute atomic E-state index is 0.00369. The smallest absolute Gasteiger partial charge is 0.407 e. The topological polar surface area (TPSA) is 590 Å². The largest absolute Gasteiger partial charge is 0.481 e. The van der Waals surface area contributed by atoms with Crippen LogP contribution < -0.4 is 86.3 Å². The molecule has 0 saturated carbocycles. The first-order valence-electron chi connectivity index (χ1n) is 36.8. The number of ether oxygens (including phenoxy) is 1. The number of aliphatic hydroxyl groups excluding tert-OH is 1. The van der Waals surface area contributed by atoms with Crippen molar-refractivity contribution in [2.75, 3.05) is 39.4 Å². The van der Waals surface area contributed by atoms with Crippen LogP contribution in [-0.4, -0.2) is 221 Å². The number of benzene rings is 3. The van der Waals surface area contributed by atoms with Gasteiger partial charge >= 0.3 is 12.1 Å². The first-order valence-corrected chi connectivity index (χ1v) is 36.8. The zero-order valence-electron chi connectivity index (χ0n) is 63.0.